The summed E-state index contributed by atoms with van der Waals surface area (Å²) in [7, 11) is 0. The van der Waals surface area contributed by atoms with Gasteiger partial charge in [-0.25, -0.2) is 4.98 Å². The number of rotatable bonds is 4. The second-order valence-corrected chi connectivity index (χ2v) is 8.81. The van der Waals surface area contributed by atoms with Crippen molar-refractivity contribution in [2.24, 2.45) is 5.92 Å². The maximum Gasteiger partial charge on any atom is 0.255 e. The third-order valence-corrected chi connectivity index (χ3v) is 6.32. The fourth-order valence-electron chi connectivity index (χ4n) is 4.31. The van der Waals surface area contributed by atoms with Gasteiger partial charge in [0.1, 0.15) is 5.82 Å². The van der Waals surface area contributed by atoms with Gasteiger partial charge in [0.25, 0.3) is 5.91 Å². The maximum absolute atomic E-state index is 13.3. The van der Waals surface area contributed by atoms with Gasteiger partial charge in [-0.15, -0.1) is 0 Å². The summed E-state index contributed by atoms with van der Waals surface area (Å²) in [5.41, 5.74) is 4.62. The largest absolute Gasteiger partial charge is 0.339 e. The molecule has 1 N–H and O–H groups in total. The summed E-state index contributed by atoms with van der Waals surface area (Å²) in [5, 5.41) is 3.58. The Kier molecular flexibility index (Phi) is 6.33. The van der Waals surface area contributed by atoms with Gasteiger partial charge in [0, 0.05) is 47.3 Å². The molecule has 0 aliphatic carbocycles. The molecule has 1 aliphatic rings. The van der Waals surface area contributed by atoms with Crippen molar-refractivity contribution in [2.45, 2.75) is 33.6 Å². The van der Waals surface area contributed by atoms with E-state index in [-0.39, 0.29) is 17.7 Å². The first-order valence-corrected chi connectivity index (χ1v) is 11.2. The van der Waals surface area contributed by atoms with Crippen LogP contribution in [0, 0.1) is 26.7 Å². The fourth-order valence-corrected chi connectivity index (χ4v) is 4.44. The molecule has 1 aromatic carbocycles. The van der Waals surface area contributed by atoms with Gasteiger partial charge < -0.3 is 14.8 Å². The summed E-state index contributed by atoms with van der Waals surface area (Å²) in [6, 6.07) is 13.3. The SMILES string of the molecule is Cc1ccnc(NC(=O)C2CCN(C(=O)c3cc(C)n(-c4ccc(Cl)cc4)c3C)CC2)c1. The second-order valence-electron chi connectivity index (χ2n) is 8.37. The molecular formula is C25H27ClN4O2. The van der Waals surface area contributed by atoms with E-state index in [4.69, 9.17) is 11.6 Å². The molecule has 1 fully saturated rings. The number of benzene rings is 1. The molecule has 3 aromatic rings. The highest BCUT2D eigenvalue weighted by Gasteiger charge is 2.29. The van der Waals surface area contributed by atoms with E-state index >= 15 is 0 Å². The Morgan fingerprint density at radius 2 is 1.72 bits per heavy atom. The molecule has 6 nitrogen and oxygen atoms in total. The zero-order valence-electron chi connectivity index (χ0n) is 18.6. The minimum Gasteiger partial charge on any atom is -0.339 e. The smallest absolute Gasteiger partial charge is 0.255 e. The summed E-state index contributed by atoms with van der Waals surface area (Å²) in [5.74, 6) is 0.430. The lowest BCUT2D eigenvalue weighted by molar-refractivity contribution is -0.121. The number of anilines is 1. The number of amides is 2. The van der Waals surface area contributed by atoms with Crippen molar-refractivity contribution in [1.82, 2.24) is 14.5 Å². The quantitative estimate of drug-likeness (QED) is 0.612. The van der Waals surface area contributed by atoms with Crippen LogP contribution in [0.1, 0.15) is 40.2 Å². The minimum atomic E-state index is -0.122. The number of pyridine rings is 1. The maximum atomic E-state index is 13.3. The van der Waals surface area contributed by atoms with Crippen LogP contribution in [0.5, 0.6) is 0 Å². The predicted molar refractivity (Wildman–Crippen MR) is 126 cm³/mol. The molecule has 1 saturated heterocycles. The molecule has 7 heteroatoms. The topological polar surface area (TPSA) is 67.2 Å². The van der Waals surface area contributed by atoms with Crippen molar-refractivity contribution in [1.29, 1.82) is 0 Å². The van der Waals surface area contributed by atoms with E-state index < -0.39 is 0 Å². The van der Waals surface area contributed by atoms with Crippen LogP contribution >= 0.6 is 11.6 Å². The molecule has 0 unspecified atom stereocenters. The Hall–Kier alpha value is -3.12. The van der Waals surface area contributed by atoms with Crippen molar-refractivity contribution < 1.29 is 9.59 Å². The first-order chi connectivity index (χ1) is 15.3. The molecule has 2 amide bonds. The van der Waals surface area contributed by atoms with Crippen molar-refractivity contribution in [2.75, 3.05) is 18.4 Å². The fraction of sp³-hybridized carbons (Fsp3) is 0.320. The summed E-state index contributed by atoms with van der Waals surface area (Å²) >= 11 is 6.02. The number of aryl methyl sites for hydroxylation is 2. The highest BCUT2D eigenvalue weighted by Crippen LogP contribution is 2.26. The Morgan fingerprint density at radius 3 is 2.38 bits per heavy atom. The molecule has 2 aromatic heterocycles. The lowest BCUT2D eigenvalue weighted by atomic mass is 9.95. The van der Waals surface area contributed by atoms with Crippen LogP contribution in [0.2, 0.25) is 5.02 Å². The standard InChI is InChI=1S/C25H27ClN4O2/c1-16-8-11-27-23(14-16)28-24(31)19-9-12-29(13-10-19)25(32)22-15-17(2)30(18(22)3)21-6-4-20(26)5-7-21/h4-8,11,14-15,19H,9-10,12-13H2,1-3H3,(H,27,28,31). The van der Waals surface area contributed by atoms with Crippen LogP contribution < -0.4 is 5.32 Å². The van der Waals surface area contributed by atoms with Crippen LogP contribution in [-0.2, 0) is 4.79 Å². The molecule has 1 aliphatic heterocycles. The number of carbonyl (C=O) groups excluding carboxylic acids is 2. The molecule has 4 rings (SSSR count). The average Bonchev–Trinajstić information content (AvgIpc) is 3.08. The first-order valence-electron chi connectivity index (χ1n) is 10.8. The molecule has 0 atom stereocenters. The van der Waals surface area contributed by atoms with Gasteiger partial charge in [0.15, 0.2) is 0 Å². The molecular weight excluding hydrogens is 424 g/mol. The monoisotopic (exact) mass is 450 g/mol. The van der Waals surface area contributed by atoms with Crippen LogP contribution in [0.15, 0.2) is 48.7 Å². The van der Waals surface area contributed by atoms with E-state index in [0.29, 0.717) is 42.3 Å². The molecule has 0 radical (unpaired) electrons. The second kappa shape index (κ2) is 9.17. The number of aromatic nitrogens is 2. The number of hydrogen-bond acceptors (Lipinski definition) is 3. The Balaban J connectivity index is 1.42. The van der Waals surface area contributed by atoms with Crippen molar-refractivity contribution in [3.63, 3.8) is 0 Å². The number of piperidine rings is 1. The van der Waals surface area contributed by atoms with Gasteiger partial charge in [-0.2, -0.15) is 0 Å². The van der Waals surface area contributed by atoms with Crippen LogP contribution in [0.4, 0.5) is 5.82 Å². The van der Waals surface area contributed by atoms with Gasteiger partial charge in [-0.1, -0.05) is 11.6 Å². The summed E-state index contributed by atoms with van der Waals surface area (Å²) in [4.78, 5) is 31.9. The molecule has 32 heavy (non-hydrogen) atoms. The minimum absolute atomic E-state index is 0.0116. The van der Waals surface area contributed by atoms with Crippen molar-refractivity contribution >= 4 is 29.2 Å². The first kappa shape index (κ1) is 22.1. The number of carbonyl (C=O) groups is 2. The number of likely N-dealkylation sites (tertiary alicyclic amines) is 1. The predicted octanol–water partition coefficient (Wildman–Crippen LogP) is 4.94. The summed E-state index contributed by atoms with van der Waals surface area (Å²) < 4.78 is 2.07. The molecule has 0 saturated carbocycles. The Labute approximate surface area is 193 Å². The van der Waals surface area contributed by atoms with Crippen LogP contribution in [0.3, 0.4) is 0 Å². The Morgan fingerprint density at radius 1 is 1.03 bits per heavy atom. The third-order valence-electron chi connectivity index (χ3n) is 6.07. The summed E-state index contributed by atoms with van der Waals surface area (Å²) in [6.45, 7) is 7.04. The van der Waals surface area contributed by atoms with Gasteiger partial charge in [-0.3, -0.25) is 9.59 Å². The number of halogens is 1. The molecule has 0 spiro atoms. The lowest BCUT2D eigenvalue weighted by Crippen LogP contribution is -2.41. The number of hydrogen-bond donors (Lipinski definition) is 1. The normalized spacial score (nSPS) is 14.4. The van der Waals surface area contributed by atoms with Gasteiger partial charge in [0.05, 0.1) is 5.56 Å². The van der Waals surface area contributed by atoms with Crippen LogP contribution in [0.25, 0.3) is 5.69 Å². The number of nitrogens with zero attached hydrogens (tertiary/aromatic N) is 3. The zero-order valence-corrected chi connectivity index (χ0v) is 19.3. The highest BCUT2D eigenvalue weighted by molar-refractivity contribution is 6.30. The van der Waals surface area contributed by atoms with E-state index in [1.54, 1.807) is 6.20 Å². The van der Waals surface area contributed by atoms with E-state index in [1.807, 2.05) is 68.1 Å². The Bertz CT molecular complexity index is 1150. The highest BCUT2D eigenvalue weighted by atomic mass is 35.5. The van der Waals surface area contributed by atoms with Gasteiger partial charge >= 0.3 is 0 Å². The zero-order chi connectivity index (χ0) is 22.8. The molecule has 3 heterocycles. The van der Waals surface area contributed by atoms with E-state index in [9.17, 15) is 9.59 Å². The average molecular weight is 451 g/mol. The number of nitrogens with one attached hydrogen (secondary N) is 1. The van der Waals surface area contributed by atoms with Crippen molar-refractivity contribution in [3.05, 3.63) is 76.2 Å². The van der Waals surface area contributed by atoms with Crippen LogP contribution in [-0.4, -0.2) is 39.4 Å². The summed E-state index contributed by atoms with van der Waals surface area (Å²) in [6.07, 6.45) is 2.96. The van der Waals surface area contributed by atoms with Gasteiger partial charge in [-0.05, 0) is 81.6 Å². The molecule has 166 valence electrons. The third kappa shape index (κ3) is 4.55. The van der Waals surface area contributed by atoms with E-state index in [1.165, 1.54) is 0 Å². The van der Waals surface area contributed by atoms with Crippen molar-refractivity contribution in [3.8, 4) is 5.69 Å². The van der Waals surface area contributed by atoms with E-state index in [2.05, 4.69) is 14.9 Å². The van der Waals surface area contributed by atoms with E-state index in [0.717, 1.165) is 22.6 Å². The van der Waals surface area contributed by atoms with Gasteiger partial charge in [0.2, 0.25) is 5.91 Å². The lowest BCUT2D eigenvalue weighted by Gasteiger charge is -2.31. The molecule has 0 bridgehead atoms.